The van der Waals surface area contributed by atoms with Gasteiger partial charge in [0.05, 0.1) is 10.5 Å². The van der Waals surface area contributed by atoms with Gasteiger partial charge in [0, 0.05) is 19.7 Å². The van der Waals surface area contributed by atoms with Crippen molar-refractivity contribution in [3.05, 3.63) is 27.9 Å². The molecule has 0 saturated heterocycles. The number of amides is 1. The van der Waals surface area contributed by atoms with Gasteiger partial charge in [0.25, 0.3) is 11.6 Å². The van der Waals surface area contributed by atoms with E-state index in [-0.39, 0.29) is 17.2 Å². The first-order chi connectivity index (χ1) is 10.0. The van der Waals surface area contributed by atoms with Gasteiger partial charge in [0.1, 0.15) is 12.0 Å². The number of rotatable bonds is 5. The molecule has 1 aliphatic rings. The van der Waals surface area contributed by atoms with E-state index in [0.717, 1.165) is 19.0 Å². The summed E-state index contributed by atoms with van der Waals surface area (Å²) in [6, 6.07) is 1.26. The zero-order valence-electron chi connectivity index (χ0n) is 12.3. The second kappa shape index (κ2) is 6.51. The van der Waals surface area contributed by atoms with Crippen LogP contribution in [0.1, 0.15) is 36.5 Å². The molecule has 1 aromatic heterocycles. The molecule has 2 atom stereocenters. The number of hydrogen-bond acceptors (Lipinski definition) is 5. The van der Waals surface area contributed by atoms with Gasteiger partial charge in [-0.05, 0) is 24.7 Å². The third-order valence-electron chi connectivity index (χ3n) is 3.92. The molecule has 7 nitrogen and oxygen atoms in total. The van der Waals surface area contributed by atoms with E-state index < -0.39 is 4.92 Å². The Balaban J connectivity index is 2.06. The molecule has 0 aliphatic heterocycles. The quantitative estimate of drug-likeness (QED) is 0.640. The Morgan fingerprint density at radius 1 is 1.52 bits per heavy atom. The van der Waals surface area contributed by atoms with Gasteiger partial charge in [-0.25, -0.2) is 4.98 Å². The Morgan fingerprint density at radius 3 is 2.86 bits per heavy atom. The molecule has 0 spiro atoms. The summed E-state index contributed by atoms with van der Waals surface area (Å²) in [4.78, 5) is 26.4. The average Bonchev–Trinajstić information content (AvgIpc) is 2.89. The van der Waals surface area contributed by atoms with Crippen LogP contribution in [0.25, 0.3) is 0 Å². The summed E-state index contributed by atoms with van der Waals surface area (Å²) in [5, 5.41) is 16.4. The minimum atomic E-state index is -0.554. The molecule has 2 N–H and O–H groups in total. The van der Waals surface area contributed by atoms with Crippen LogP contribution in [-0.2, 0) is 0 Å². The second-order valence-corrected chi connectivity index (χ2v) is 5.59. The van der Waals surface area contributed by atoms with Crippen LogP contribution < -0.4 is 10.6 Å². The standard InChI is InChI=1S/C14H20N4O3/c1-9-3-4-10(5-9)7-17-14(19)12-6-11(18(20)21)8-16-13(12)15-2/h6,8-10H,3-5,7H2,1-2H3,(H,15,16)(H,17,19). The van der Waals surface area contributed by atoms with Crippen molar-refractivity contribution in [2.45, 2.75) is 26.2 Å². The normalized spacial score (nSPS) is 21.0. The molecule has 21 heavy (non-hydrogen) atoms. The van der Waals surface area contributed by atoms with E-state index in [4.69, 9.17) is 0 Å². The largest absolute Gasteiger partial charge is 0.372 e. The molecule has 1 fully saturated rings. The highest BCUT2D eigenvalue weighted by Crippen LogP contribution is 2.29. The zero-order chi connectivity index (χ0) is 15.4. The highest BCUT2D eigenvalue weighted by molar-refractivity contribution is 5.99. The first-order valence-corrected chi connectivity index (χ1v) is 7.11. The summed E-state index contributed by atoms with van der Waals surface area (Å²) in [6.45, 7) is 2.82. The molecule has 0 bridgehead atoms. The Morgan fingerprint density at radius 2 is 2.29 bits per heavy atom. The van der Waals surface area contributed by atoms with E-state index in [1.54, 1.807) is 7.05 Å². The van der Waals surface area contributed by atoms with Crippen LogP contribution in [0.15, 0.2) is 12.3 Å². The van der Waals surface area contributed by atoms with E-state index in [2.05, 4.69) is 22.5 Å². The Kier molecular flexibility index (Phi) is 4.72. The van der Waals surface area contributed by atoms with Crippen LogP contribution in [0.4, 0.5) is 11.5 Å². The summed E-state index contributed by atoms with van der Waals surface area (Å²) in [7, 11) is 1.63. The molecule has 0 aromatic carbocycles. The number of nitro groups is 1. The van der Waals surface area contributed by atoms with Crippen LogP contribution in [0.5, 0.6) is 0 Å². The molecule has 0 radical (unpaired) electrons. The monoisotopic (exact) mass is 292 g/mol. The second-order valence-electron chi connectivity index (χ2n) is 5.59. The highest BCUT2D eigenvalue weighted by Gasteiger charge is 2.23. The summed E-state index contributed by atoms with van der Waals surface area (Å²) in [5.74, 6) is 1.22. The maximum Gasteiger partial charge on any atom is 0.288 e. The van der Waals surface area contributed by atoms with E-state index in [1.165, 1.54) is 12.5 Å². The molecule has 2 unspecified atom stereocenters. The van der Waals surface area contributed by atoms with Gasteiger partial charge < -0.3 is 10.6 Å². The summed E-state index contributed by atoms with van der Waals surface area (Å²) in [6.07, 6.45) is 4.57. The lowest BCUT2D eigenvalue weighted by molar-refractivity contribution is -0.385. The lowest BCUT2D eigenvalue weighted by Crippen LogP contribution is -2.29. The zero-order valence-corrected chi connectivity index (χ0v) is 12.3. The molecule has 1 aromatic rings. The topological polar surface area (TPSA) is 97.2 Å². The number of carbonyl (C=O) groups excluding carboxylic acids is 1. The van der Waals surface area contributed by atoms with E-state index in [0.29, 0.717) is 24.2 Å². The van der Waals surface area contributed by atoms with Gasteiger partial charge in [-0.15, -0.1) is 0 Å². The van der Waals surface area contributed by atoms with Crippen molar-refractivity contribution in [3.63, 3.8) is 0 Å². The molecule has 1 aliphatic carbocycles. The first kappa shape index (κ1) is 15.2. The SMILES string of the molecule is CNc1ncc([N+](=O)[O-])cc1C(=O)NCC1CCC(C)C1. The van der Waals surface area contributed by atoms with Crippen LogP contribution in [0.3, 0.4) is 0 Å². The van der Waals surface area contributed by atoms with E-state index in [9.17, 15) is 14.9 Å². The summed E-state index contributed by atoms with van der Waals surface area (Å²) < 4.78 is 0. The minimum absolute atomic E-state index is 0.186. The Bertz CT molecular complexity index is 547. The third kappa shape index (κ3) is 3.68. The number of nitrogens with zero attached hydrogens (tertiary/aromatic N) is 2. The van der Waals surface area contributed by atoms with Crippen LogP contribution in [0, 0.1) is 22.0 Å². The molecule has 7 heteroatoms. The van der Waals surface area contributed by atoms with Gasteiger partial charge in [-0.3, -0.25) is 14.9 Å². The van der Waals surface area contributed by atoms with Crippen LogP contribution >= 0.6 is 0 Å². The molecule has 1 amide bonds. The molecule has 2 rings (SSSR count). The van der Waals surface area contributed by atoms with Crippen molar-refractivity contribution < 1.29 is 9.72 Å². The fourth-order valence-corrected chi connectivity index (χ4v) is 2.77. The molecular weight excluding hydrogens is 272 g/mol. The number of anilines is 1. The van der Waals surface area contributed by atoms with Crippen molar-refractivity contribution in [2.24, 2.45) is 11.8 Å². The number of nitrogens with one attached hydrogen (secondary N) is 2. The predicted molar refractivity (Wildman–Crippen MR) is 79.3 cm³/mol. The summed E-state index contributed by atoms with van der Waals surface area (Å²) in [5.41, 5.74) is 0.0198. The number of pyridine rings is 1. The van der Waals surface area contributed by atoms with E-state index >= 15 is 0 Å². The number of hydrogen-bond donors (Lipinski definition) is 2. The van der Waals surface area contributed by atoms with Crippen LogP contribution in [-0.4, -0.2) is 29.4 Å². The fourth-order valence-electron chi connectivity index (χ4n) is 2.77. The lowest BCUT2D eigenvalue weighted by Gasteiger charge is -2.12. The van der Waals surface area contributed by atoms with Crippen molar-refractivity contribution in [1.29, 1.82) is 0 Å². The maximum atomic E-state index is 12.2. The van der Waals surface area contributed by atoms with Gasteiger partial charge in [-0.1, -0.05) is 13.3 Å². The molecule has 1 saturated carbocycles. The fraction of sp³-hybridized carbons (Fsp3) is 0.571. The van der Waals surface area contributed by atoms with Gasteiger partial charge in [-0.2, -0.15) is 0 Å². The molecule has 114 valence electrons. The van der Waals surface area contributed by atoms with Gasteiger partial charge in [0.2, 0.25) is 0 Å². The predicted octanol–water partition coefficient (Wildman–Crippen LogP) is 2.20. The van der Waals surface area contributed by atoms with Crippen molar-refractivity contribution in [1.82, 2.24) is 10.3 Å². The lowest BCUT2D eigenvalue weighted by atomic mass is 10.1. The van der Waals surface area contributed by atoms with Gasteiger partial charge >= 0.3 is 0 Å². The number of aromatic nitrogens is 1. The molecular formula is C14H20N4O3. The molecule has 1 heterocycles. The third-order valence-corrected chi connectivity index (χ3v) is 3.92. The van der Waals surface area contributed by atoms with Crippen LogP contribution in [0.2, 0.25) is 0 Å². The number of carbonyl (C=O) groups is 1. The Labute approximate surface area is 123 Å². The minimum Gasteiger partial charge on any atom is -0.372 e. The van der Waals surface area contributed by atoms with Gasteiger partial charge in [0.15, 0.2) is 0 Å². The van der Waals surface area contributed by atoms with Crippen molar-refractivity contribution in [3.8, 4) is 0 Å². The van der Waals surface area contributed by atoms with E-state index in [1.807, 2.05) is 0 Å². The van der Waals surface area contributed by atoms with Crippen molar-refractivity contribution >= 4 is 17.4 Å². The first-order valence-electron chi connectivity index (χ1n) is 7.11. The smallest absolute Gasteiger partial charge is 0.288 e. The Hall–Kier alpha value is -2.18. The average molecular weight is 292 g/mol. The maximum absolute atomic E-state index is 12.2. The van der Waals surface area contributed by atoms with Crippen molar-refractivity contribution in [2.75, 3.05) is 18.9 Å². The summed E-state index contributed by atoms with van der Waals surface area (Å²) >= 11 is 0. The highest BCUT2D eigenvalue weighted by atomic mass is 16.6.